The Morgan fingerprint density at radius 1 is 1.55 bits per heavy atom. The molecule has 0 radical (unpaired) electrons. The molecule has 2 atom stereocenters. The van der Waals surface area contributed by atoms with Gasteiger partial charge in [-0.3, -0.25) is 4.79 Å². The molecule has 2 aromatic heterocycles. The van der Waals surface area contributed by atoms with E-state index in [2.05, 4.69) is 21.0 Å². The Morgan fingerprint density at radius 2 is 2.40 bits per heavy atom. The minimum absolute atomic E-state index is 0.0519. The van der Waals surface area contributed by atoms with E-state index in [0.29, 0.717) is 18.0 Å². The summed E-state index contributed by atoms with van der Waals surface area (Å²) >= 11 is 3.46. The molecule has 4 rings (SSSR count). The second-order valence-corrected chi connectivity index (χ2v) is 6.72. The Hall–Kier alpha value is -1.40. The van der Waals surface area contributed by atoms with Crippen LogP contribution in [0.25, 0.3) is 5.52 Å². The zero-order valence-electron chi connectivity index (χ0n) is 10.9. The van der Waals surface area contributed by atoms with Crippen molar-refractivity contribution in [2.24, 2.45) is 11.7 Å². The van der Waals surface area contributed by atoms with Gasteiger partial charge in [0.1, 0.15) is 0 Å². The summed E-state index contributed by atoms with van der Waals surface area (Å²) in [7, 11) is 0. The second-order valence-electron chi connectivity index (χ2n) is 5.86. The van der Waals surface area contributed by atoms with Crippen LogP contribution in [0, 0.1) is 5.92 Å². The maximum Gasteiger partial charge on any atom is 0.256 e. The fourth-order valence-corrected chi connectivity index (χ4v) is 3.88. The number of carbonyl (C=O) groups excluding carboxylic acids is 1. The number of rotatable bonds is 1. The van der Waals surface area contributed by atoms with Crippen LogP contribution in [0.2, 0.25) is 0 Å². The highest BCUT2D eigenvalue weighted by Crippen LogP contribution is 2.43. The molecule has 5 nitrogen and oxygen atoms in total. The lowest BCUT2D eigenvalue weighted by molar-refractivity contribution is 0.0786. The summed E-state index contributed by atoms with van der Waals surface area (Å²) in [6, 6.07) is 3.70. The van der Waals surface area contributed by atoms with Crippen molar-refractivity contribution < 1.29 is 4.79 Å². The third-order valence-corrected chi connectivity index (χ3v) is 5.29. The Bertz CT molecular complexity index is 712. The molecule has 0 spiro atoms. The first kappa shape index (κ1) is 12.3. The number of halogens is 1. The summed E-state index contributed by atoms with van der Waals surface area (Å²) in [6.07, 6.45) is 5.72. The highest BCUT2D eigenvalue weighted by atomic mass is 79.9. The van der Waals surface area contributed by atoms with Crippen molar-refractivity contribution in [1.29, 1.82) is 0 Å². The molecule has 20 heavy (non-hydrogen) atoms. The number of hydrogen-bond acceptors (Lipinski definition) is 3. The lowest BCUT2D eigenvalue weighted by Crippen LogP contribution is -2.54. The molecule has 6 heteroatoms. The van der Waals surface area contributed by atoms with Gasteiger partial charge in [-0.15, -0.1) is 0 Å². The molecule has 3 heterocycles. The molecular formula is C14H15BrN4O. The van der Waals surface area contributed by atoms with Crippen molar-refractivity contribution in [3.63, 3.8) is 0 Å². The van der Waals surface area contributed by atoms with Crippen molar-refractivity contribution >= 4 is 27.4 Å². The highest BCUT2D eigenvalue weighted by Gasteiger charge is 2.51. The van der Waals surface area contributed by atoms with E-state index in [0.717, 1.165) is 29.4 Å². The van der Waals surface area contributed by atoms with E-state index in [4.69, 9.17) is 5.73 Å². The smallest absolute Gasteiger partial charge is 0.256 e. The van der Waals surface area contributed by atoms with E-state index in [1.54, 1.807) is 10.7 Å². The summed E-state index contributed by atoms with van der Waals surface area (Å²) in [5.41, 5.74) is 7.68. The molecule has 104 valence electrons. The SMILES string of the molecule is N[C@]12CC[C@H]1CN(C(=O)c1cccn3ncc(Br)c13)C2. The van der Waals surface area contributed by atoms with E-state index in [1.807, 2.05) is 23.2 Å². The van der Waals surface area contributed by atoms with Crippen molar-refractivity contribution in [3.05, 3.63) is 34.6 Å². The minimum atomic E-state index is -0.141. The van der Waals surface area contributed by atoms with Crippen LogP contribution < -0.4 is 5.73 Å². The van der Waals surface area contributed by atoms with Gasteiger partial charge in [0, 0.05) is 24.8 Å². The van der Waals surface area contributed by atoms with Crippen molar-refractivity contribution in [2.75, 3.05) is 13.1 Å². The zero-order valence-corrected chi connectivity index (χ0v) is 12.5. The number of hydrogen-bond donors (Lipinski definition) is 1. The van der Waals surface area contributed by atoms with Crippen LogP contribution in [0.1, 0.15) is 23.2 Å². The molecule has 0 bridgehead atoms. The Kier molecular flexibility index (Phi) is 2.50. The van der Waals surface area contributed by atoms with E-state index < -0.39 is 0 Å². The fourth-order valence-electron chi connectivity index (χ4n) is 3.39. The molecule has 0 aromatic carbocycles. The van der Waals surface area contributed by atoms with Gasteiger partial charge in [0.2, 0.25) is 0 Å². The second kappa shape index (κ2) is 4.05. The summed E-state index contributed by atoms with van der Waals surface area (Å²) in [6.45, 7) is 1.45. The molecule has 2 N–H and O–H groups in total. The Morgan fingerprint density at radius 3 is 3.05 bits per heavy atom. The van der Waals surface area contributed by atoms with Gasteiger partial charge < -0.3 is 10.6 Å². The first-order chi connectivity index (χ1) is 9.58. The topological polar surface area (TPSA) is 63.6 Å². The van der Waals surface area contributed by atoms with E-state index in [1.165, 1.54) is 0 Å². The molecule has 1 aliphatic carbocycles. The average molecular weight is 335 g/mol. The third-order valence-electron chi connectivity index (χ3n) is 4.71. The molecule has 1 aliphatic heterocycles. The monoisotopic (exact) mass is 334 g/mol. The first-order valence-corrected chi connectivity index (χ1v) is 7.58. The number of fused-ring (bicyclic) bond motifs is 2. The van der Waals surface area contributed by atoms with Crippen molar-refractivity contribution in [1.82, 2.24) is 14.5 Å². The fraction of sp³-hybridized carbons (Fsp3) is 0.429. The van der Waals surface area contributed by atoms with Crippen molar-refractivity contribution in [3.8, 4) is 0 Å². The number of amides is 1. The molecule has 1 saturated heterocycles. The number of carbonyl (C=O) groups is 1. The van der Waals surface area contributed by atoms with Gasteiger partial charge in [0.15, 0.2) is 0 Å². The van der Waals surface area contributed by atoms with Crippen LogP contribution in [-0.4, -0.2) is 39.0 Å². The van der Waals surface area contributed by atoms with Gasteiger partial charge in [0.05, 0.1) is 21.7 Å². The normalized spacial score (nSPS) is 28.5. The number of likely N-dealkylation sites (tertiary alicyclic amines) is 1. The maximum atomic E-state index is 12.8. The third kappa shape index (κ3) is 1.58. The van der Waals surface area contributed by atoms with Crippen LogP contribution in [0.3, 0.4) is 0 Å². The summed E-state index contributed by atoms with van der Waals surface area (Å²) in [5.74, 6) is 0.524. The van der Waals surface area contributed by atoms with Gasteiger partial charge in [-0.1, -0.05) is 0 Å². The lowest BCUT2D eigenvalue weighted by Gasteiger charge is -2.39. The number of aromatic nitrogens is 2. The van der Waals surface area contributed by atoms with Crippen molar-refractivity contribution in [2.45, 2.75) is 18.4 Å². The first-order valence-electron chi connectivity index (χ1n) is 6.78. The molecule has 2 aliphatic rings. The van der Waals surface area contributed by atoms with E-state index in [9.17, 15) is 4.79 Å². The molecule has 0 unspecified atom stereocenters. The van der Waals surface area contributed by atoms with Crippen LogP contribution in [0.5, 0.6) is 0 Å². The summed E-state index contributed by atoms with van der Waals surface area (Å²) < 4.78 is 2.56. The van der Waals surface area contributed by atoms with Crippen LogP contribution in [0.4, 0.5) is 0 Å². The van der Waals surface area contributed by atoms with E-state index in [-0.39, 0.29) is 11.4 Å². The van der Waals surface area contributed by atoms with Crippen LogP contribution in [0.15, 0.2) is 29.0 Å². The minimum Gasteiger partial charge on any atom is -0.336 e. The molecule has 1 amide bonds. The predicted octanol–water partition coefficient (Wildman–Crippen LogP) is 1.66. The lowest BCUT2D eigenvalue weighted by atomic mass is 9.70. The predicted molar refractivity (Wildman–Crippen MR) is 78.4 cm³/mol. The summed E-state index contributed by atoms with van der Waals surface area (Å²) in [4.78, 5) is 14.7. The highest BCUT2D eigenvalue weighted by molar-refractivity contribution is 9.10. The van der Waals surface area contributed by atoms with Crippen LogP contribution >= 0.6 is 15.9 Å². The molecule has 2 aromatic rings. The Balaban J connectivity index is 1.73. The molecule has 2 fully saturated rings. The number of nitrogens with zero attached hydrogens (tertiary/aromatic N) is 3. The standard InChI is InChI=1S/C14H15BrN4O/c15-11-6-17-19-5-1-2-10(12(11)19)13(20)18-7-9-3-4-14(9,16)8-18/h1-2,5-6,9H,3-4,7-8,16H2/t9-,14-/m0/s1. The summed E-state index contributed by atoms with van der Waals surface area (Å²) in [5, 5.41) is 4.22. The number of pyridine rings is 1. The Labute approximate surface area is 124 Å². The largest absolute Gasteiger partial charge is 0.336 e. The van der Waals surface area contributed by atoms with Gasteiger partial charge in [0.25, 0.3) is 5.91 Å². The van der Waals surface area contributed by atoms with Gasteiger partial charge in [-0.25, -0.2) is 4.52 Å². The van der Waals surface area contributed by atoms with Gasteiger partial charge in [-0.2, -0.15) is 5.10 Å². The maximum absolute atomic E-state index is 12.8. The number of nitrogens with two attached hydrogens (primary N) is 1. The molecule has 1 saturated carbocycles. The molecular weight excluding hydrogens is 320 g/mol. The zero-order chi connectivity index (χ0) is 13.9. The quantitative estimate of drug-likeness (QED) is 0.862. The van der Waals surface area contributed by atoms with Gasteiger partial charge in [-0.05, 0) is 46.8 Å². The average Bonchev–Trinajstić information content (AvgIpc) is 2.92. The van der Waals surface area contributed by atoms with E-state index >= 15 is 0 Å². The van der Waals surface area contributed by atoms with Gasteiger partial charge >= 0.3 is 0 Å². The van der Waals surface area contributed by atoms with Crippen LogP contribution in [-0.2, 0) is 0 Å².